The Hall–Kier alpha value is -1.81. The van der Waals surface area contributed by atoms with E-state index in [1.165, 1.54) is 28.5 Å². The highest BCUT2D eigenvalue weighted by Gasteiger charge is 2.16. The lowest BCUT2D eigenvalue weighted by Crippen LogP contribution is -2.02. The number of hydrogen-bond donors (Lipinski definition) is 1. The van der Waals surface area contributed by atoms with Gasteiger partial charge in [0.15, 0.2) is 0 Å². The quantitative estimate of drug-likeness (QED) is 0.854. The summed E-state index contributed by atoms with van der Waals surface area (Å²) in [6.45, 7) is 6.21. The summed E-state index contributed by atoms with van der Waals surface area (Å²) in [4.78, 5) is 15.4. The van der Waals surface area contributed by atoms with E-state index in [-0.39, 0.29) is 10.8 Å². The fraction of sp³-hybridized carbons (Fsp3) is 0.250. The average Bonchev–Trinajstić information content (AvgIpc) is 2.41. The molecule has 0 aliphatic carbocycles. The first kappa shape index (κ1) is 14.6. The van der Waals surface area contributed by atoms with Crippen LogP contribution in [0.15, 0.2) is 41.6 Å². The third-order valence-electron chi connectivity index (χ3n) is 3.16. The van der Waals surface area contributed by atoms with Crippen LogP contribution in [0.1, 0.15) is 39.2 Å². The molecule has 0 spiro atoms. The van der Waals surface area contributed by atoms with Crippen molar-refractivity contribution in [1.82, 2.24) is 4.98 Å². The molecule has 0 radical (unpaired) electrons. The van der Waals surface area contributed by atoms with Crippen LogP contribution in [-0.4, -0.2) is 16.1 Å². The lowest BCUT2D eigenvalue weighted by atomic mass is 10.0. The molecule has 0 saturated carbocycles. The Kier molecular flexibility index (Phi) is 4.45. The molecule has 2 aromatic rings. The van der Waals surface area contributed by atoms with Crippen LogP contribution in [0.3, 0.4) is 0 Å². The number of thioether (sulfide) groups is 1. The lowest BCUT2D eigenvalue weighted by Gasteiger charge is -2.15. The van der Waals surface area contributed by atoms with Gasteiger partial charge in [-0.2, -0.15) is 0 Å². The van der Waals surface area contributed by atoms with E-state index in [1.54, 1.807) is 18.3 Å². The van der Waals surface area contributed by atoms with Gasteiger partial charge in [-0.05, 0) is 44.0 Å². The number of pyridine rings is 1. The molecule has 4 heteroatoms. The Morgan fingerprint density at radius 1 is 1.30 bits per heavy atom. The van der Waals surface area contributed by atoms with Gasteiger partial charge in [0, 0.05) is 11.4 Å². The number of hydrogen-bond acceptors (Lipinski definition) is 3. The Morgan fingerprint density at radius 3 is 2.75 bits per heavy atom. The predicted octanol–water partition coefficient (Wildman–Crippen LogP) is 4.25. The average molecular weight is 287 g/mol. The van der Waals surface area contributed by atoms with E-state index in [0.717, 1.165) is 0 Å². The Morgan fingerprint density at radius 2 is 2.05 bits per heavy atom. The number of carboxylic acid groups (broad SMARTS) is 1. The predicted molar refractivity (Wildman–Crippen MR) is 81.4 cm³/mol. The first-order valence-corrected chi connectivity index (χ1v) is 7.29. The van der Waals surface area contributed by atoms with Crippen LogP contribution in [0, 0.1) is 13.8 Å². The van der Waals surface area contributed by atoms with Crippen molar-refractivity contribution in [2.45, 2.75) is 31.0 Å². The zero-order valence-electron chi connectivity index (χ0n) is 11.8. The van der Waals surface area contributed by atoms with Gasteiger partial charge < -0.3 is 5.11 Å². The van der Waals surface area contributed by atoms with E-state index in [4.69, 9.17) is 0 Å². The molecule has 0 unspecified atom stereocenters. The highest BCUT2D eigenvalue weighted by molar-refractivity contribution is 7.99. The minimum absolute atomic E-state index is 0.155. The zero-order valence-corrected chi connectivity index (χ0v) is 12.6. The summed E-state index contributed by atoms with van der Waals surface area (Å²) in [5.74, 6) is -0.936. The Balaban J connectivity index is 2.30. The fourth-order valence-electron chi connectivity index (χ4n) is 2.08. The van der Waals surface area contributed by atoms with Gasteiger partial charge in [0.2, 0.25) is 0 Å². The summed E-state index contributed by atoms with van der Waals surface area (Å²) < 4.78 is 0. The number of carbonyl (C=O) groups is 1. The number of carboxylic acids is 1. The number of benzene rings is 1. The highest BCUT2D eigenvalue weighted by Crippen LogP contribution is 2.36. The summed E-state index contributed by atoms with van der Waals surface area (Å²) in [7, 11) is 0. The van der Waals surface area contributed by atoms with Gasteiger partial charge >= 0.3 is 5.97 Å². The molecule has 1 heterocycles. The van der Waals surface area contributed by atoms with Crippen LogP contribution in [0.2, 0.25) is 0 Å². The molecule has 104 valence electrons. The first-order chi connectivity index (χ1) is 9.49. The minimum Gasteiger partial charge on any atom is -0.478 e. The van der Waals surface area contributed by atoms with Crippen LogP contribution in [-0.2, 0) is 0 Å². The van der Waals surface area contributed by atoms with Crippen molar-refractivity contribution in [3.05, 3.63) is 58.8 Å². The van der Waals surface area contributed by atoms with Crippen LogP contribution in [0.5, 0.6) is 0 Å². The molecule has 1 aromatic carbocycles. The van der Waals surface area contributed by atoms with Crippen molar-refractivity contribution in [3.63, 3.8) is 0 Å². The van der Waals surface area contributed by atoms with Gasteiger partial charge in [0.25, 0.3) is 0 Å². The van der Waals surface area contributed by atoms with Crippen molar-refractivity contribution < 1.29 is 9.90 Å². The second-order valence-corrected chi connectivity index (χ2v) is 6.11. The van der Waals surface area contributed by atoms with E-state index >= 15 is 0 Å². The standard InChI is InChI=1S/C16H17NO2S/c1-10-6-7-11(2)14(9-10)12(3)20-15-13(16(18)19)5-4-8-17-15/h4-9,12H,1-3H3,(H,18,19)/t12-/m1/s1. The van der Waals surface area contributed by atoms with E-state index in [9.17, 15) is 9.90 Å². The molecule has 1 aromatic heterocycles. The van der Waals surface area contributed by atoms with Crippen molar-refractivity contribution in [3.8, 4) is 0 Å². The Labute approximate surface area is 123 Å². The van der Waals surface area contributed by atoms with E-state index < -0.39 is 5.97 Å². The molecule has 3 nitrogen and oxygen atoms in total. The molecule has 1 atom stereocenters. The monoisotopic (exact) mass is 287 g/mol. The minimum atomic E-state index is -0.936. The first-order valence-electron chi connectivity index (χ1n) is 6.41. The van der Waals surface area contributed by atoms with E-state index in [2.05, 4.69) is 44.0 Å². The summed E-state index contributed by atoms with van der Waals surface area (Å²) in [5, 5.41) is 9.91. The third-order valence-corrected chi connectivity index (χ3v) is 4.32. The molecule has 0 aliphatic heterocycles. The van der Waals surface area contributed by atoms with Crippen LogP contribution >= 0.6 is 11.8 Å². The maximum atomic E-state index is 11.2. The highest BCUT2D eigenvalue weighted by atomic mass is 32.2. The maximum absolute atomic E-state index is 11.2. The largest absolute Gasteiger partial charge is 0.478 e. The lowest BCUT2D eigenvalue weighted by molar-refractivity contribution is 0.0692. The number of aryl methyl sites for hydroxylation is 2. The molecule has 1 N–H and O–H groups in total. The van der Waals surface area contributed by atoms with Crippen molar-refractivity contribution in [2.24, 2.45) is 0 Å². The number of nitrogens with zero attached hydrogens (tertiary/aromatic N) is 1. The second-order valence-electron chi connectivity index (χ2n) is 4.78. The van der Waals surface area contributed by atoms with Crippen molar-refractivity contribution >= 4 is 17.7 Å². The van der Waals surface area contributed by atoms with Gasteiger partial charge in [0.1, 0.15) is 5.03 Å². The normalized spacial score (nSPS) is 12.2. The van der Waals surface area contributed by atoms with Gasteiger partial charge in [0.05, 0.1) is 5.56 Å². The van der Waals surface area contributed by atoms with Crippen molar-refractivity contribution in [1.29, 1.82) is 0 Å². The molecule has 0 fully saturated rings. The summed E-state index contributed by atoms with van der Waals surface area (Å²) >= 11 is 1.48. The molecule has 0 saturated heterocycles. The van der Waals surface area contributed by atoms with Crippen LogP contribution in [0.25, 0.3) is 0 Å². The van der Waals surface area contributed by atoms with Gasteiger partial charge in [-0.25, -0.2) is 9.78 Å². The summed E-state index contributed by atoms with van der Waals surface area (Å²) in [6.07, 6.45) is 1.63. The van der Waals surface area contributed by atoms with Crippen LogP contribution in [0.4, 0.5) is 0 Å². The van der Waals surface area contributed by atoms with Crippen LogP contribution < -0.4 is 0 Å². The SMILES string of the molecule is Cc1ccc(C)c([C@@H](C)Sc2ncccc2C(=O)O)c1. The topological polar surface area (TPSA) is 50.2 Å². The van der Waals surface area contributed by atoms with E-state index in [1.807, 2.05) is 0 Å². The molecule has 0 amide bonds. The maximum Gasteiger partial charge on any atom is 0.338 e. The van der Waals surface area contributed by atoms with Crippen molar-refractivity contribution in [2.75, 3.05) is 0 Å². The molecule has 2 rings (SSSR count). The third kappa shape index (κ3) is 3.20. The number of rotatable bonds is 4. The van der Waals surface area contributed by atoms with E-state index in [0.29, 0.717) is 5.03 Å². The Bertz CT molecular complexity index is 640. The number of aromatic nitrogens is 1. The molecule has 0 bridgehead atoms. The smallest absolute Gasteiger partial charge is 0.338 e. The summed E-state index contributed by atoms with van der Waals surface area (Å²) in [6, 6.07) is 9.57. The molecular weight excluding hydrogens is 270 g/mol. The van der Waals surface area contributed by atoms with Gasteiger partial charge in [-0.3, -0.25) is 0 Å². The summed E-state index contributed by atoms with van der Waals surface area (Å²) in [5.41, 5.74) is 3.90. The molecule has 0 aliphatic rings. The number of aromatic carboxylic acids is 1. The van der Waals surface area contributed by atoms with Gasteiger partial charge in [-0.1, -0.05) is 35.5 Å². The molecule has 20 heavy (non-hydrogen) atoms. The fourth-order valence-corrected chi connectivity index (χ4v) is 3.20. The van der Waals surface area contributed by atoms with Gasteiger partial charge in [-0.15, -0.1) is 0 Å². The second kappa shape index (κ2) is 6.09. The molecular formula is C16H17NO2S. The zero-order chi connectivity index (χ0) is 14.7.